The summed E-state index contributed by atoms with van der Waals surface area (Å²) in [7, 11) is 0. The first kappa shape index (κ1) is 12.6. The largest absolute Gasteiger partial charge is 0.381 e. The Hall–Kier alpha value is -1.10. The number of nitrogens with two attached hydrogens (primary N) is 1. The molecular formula is C15H18ClN3O. The van der Waals surface area contributed by atoms with Gasteiger partial charge in [0, 0.05) is 19.3 Å². The number of para-hydroxylation sites is 1. The number of hydrogen-bond donors (Lipinski definition) is 1. The molecule has 0 amide bonds. The Balaban J connectivity index is 1.94. The Kier molecular flexibility index (Phi) is 2.81. The predicted octanol–water partition coefficient (Wildman–Crippen LogP) is 2.99. The highest BCUT2D eigenvalue weighted by Gasteiger charge is 2.39. The zero-order valence-electron chi connectivity index (χ0n) is 11.3. The maximum atomic E-state index is 6.65. The standard InChI is InChI=1S/C15H18ClN3O/c16-11-2-1-3-12-13(11)19(10-4-5-10)14(18-12)15(17)6-8-20-9-7-15/h1-3,10H,4-9,17H2. The molecule has 5 heteroatoms. The van der Waals surface area contributed by atoms with Crippen LogP contribution in [0.3, 0.4) is 0 Å². The van der Waals surface area contributed by atoms with Crippen molar-refractivity contribution in [3.8, 4) is 0 Å². The van der Waals surface area contributed by atoms with Crippen LogP contribution in [0, 0.1) is 0 Å². The van der Waals surface area contributed by atoms with E-state index < -0.39 is 0 Å². The SMILES string of the molecule is NC1(c2nc3cccc(Cl)c3n2C2CC2)CCOCC1. The van der Waals surface area contributed by atoms with Crippen molar-refractivity contribution in [1.82, 2.24) is 9.55 Å². The van der Waals surface area contributed by atoms with Gasteiger partial charge in [-0.1, -0.05) is 17.7 Å². The van der Waals surface area contributed by atoms with E-state index in [1.807, 2.05) is 18.2 Å². The molecule has 106 valence electrons. The van der Waals surface area contributed by atoms with Crippen molar-refractivity contribution < 1.29 is 4.74 Å². The van der Waals surface area contributed by atoms with Gasteiger partial charge in [0.15, 0.2) is 0 Å². The first-order valence-electron chi connectivity index (χ1n) is 7.23. The van der Waals surface area contributed by atoms with Crippen LogP contribution in [-0.4, -0.2) is 22.8 Å². The molecule has 2 aliphatic rings. The maximum Gasteiger partial charge on any atom is 0.130 e. The molecule has 0 radical (unpaired) electrons. The molecule has 2 heterocycles. The lowest BCUT2D eigenvalue weighted by Gasteiger charge is -2.33. The van der Waals surface area contributed by atoms with Gasteiger partial charge in [-0.15, -0.1) is 0 Å². The molecule has 1 aromatic heterocycles. The molecule has 2 fully saturated rings. The van der Waals surface area contributed by atoms with Gasteiger partial charge in [0.2, 0.25) is 0 Å². The number of hydrogen-bond acceptors (Lipinski definition) is 3. The minimum absolute atomic E-state index is 0.386. The van der Waals surface area contributed by atoms with Crippen LogP contribution in [0.4, 0.5) is 0 Å². The molecule has 4 rings (SSSR count). The van der Waals surface area contributed by atoms with Crippen LogP contribution in [0.1, 0.15) is 37.5 Å². The van der Waals surface area contributed by atoms with Crippen LogP contribution in [0.5, 0.6) is 0 Å². The average Bonchev–Trinajstić information content (AvgIpc) is 3.20. The van der Waals surface area contributed by atoms with Crippen LogP contribution in [0.25, 0.3) is 11.0 Å². The van der Waals surface area contributed by atoms with Gasteiger partial charge in [0.1, 0.15) is 5.82 Å². The van der Waals surface area contributed by atoms with E-state index >= 15 is 0 Å². The minimum atomic E-state index is -0.386. The van der Waals surface area contributed by atoms with Gasteiger partial charge < -0.3 is 15.0 Å². The number of halogens is 1. The maximum absolute atomic E-state index is 6.65. The van der Waals surface area contributed by atoms with E-state index in [1.54, 1.807) is 0 Å². The summed E-state index contributed by atoms with van der Waals surface area (Å²) in [4.78, 5) is 4.83. The number of aromatic nitrogens is 2. The lowest BCUT2D eigenvalue weighted by atomic mass is 9.90. The van der Waals surface area contributed by atoms with E-state index in [9.17, 15) is 0 Å². The fourth-order valence-electron chi connectivity index (χ4n) is 3.11. The number of rotatable bonds is 2. The molecular weight excluding hydrogens is 274 g/mol. The lowest BCUT2D eigenvalue weighted by molar-refractivity contribution is 0.0480. The van der Waals surface area contributed by atoms with Gasteiger partial charge in [0.05, 0.1) is 21.6 Å². The number of benzene rings is 1. The summed E-state index contributed by atoms with van der Waals surface area (Å²) in [6.45, 7) is 1.41. The summed E-state index contributed by atoms with van der Waals surface area (Å²) in [5, 5.41) is 0.767. The quantitative estimate of drug-likeness (QED) is 0.925. The molecule has 0 atom stereocenters. The second-order valence-corrected chi connectivity index (χ2v) is 6.32. The minimum Gasteiger partial charge on any atom is -0.381 e. The fraction of sp³-hybridized carbons (Fsp3) is 0.533. The molecule has 1 aromatic carbocycles. The van der Waals surface area contributed by atoms with Crippen molar-refractivity contribution >= 4 is 22.6 Å². The van der Waals surface area contributed by atoms with Crippen molar-refractivity contribution in [3.05, 3.63) is 29.0 Å². The molecule has 2 N–H and O–H groups in total. The molecule has 1 saturated heterocycles. The molecule has 1 aliphatic carbocycles. The molecule has 4 nitrogen and oxygen atoms in total. The highest BCUT2D eigenvalue weighted by atomic mass is 35.5. The highest BCUT2D eigenvalue weighted by molar-refractivity contribution is 6.35. The van der Waals surface area contributed by atoms with Crippen molar-refractivity contribution in [2.24, 2.45) is 5.73 Å². The van der Waals surface area contributed by atoms with Crippen molar-refractivity contribution in [3.63, 3.8) is 0 Å². The van der Waals surface area contributed by atoms with Crippen molar-refractivity contribution in [1.29, 1.82) is 0 Å². The average molecular weight is 292 g/mol. The summed E-state index contributed by atoms with van der Waals surface area (Å²) in [5.74, 6) is 0.992. The number of nitrogens with zero attached hydrogens (tertiary/aromatic N) is 2. The lowest BCUT2D eigenvalue weighted by Crippen LogP contribution is -2.44. The van der Waals surface area contributed by atoms with E-state index in [0.29, 0.717) is 19.3 Å². The Morgan fingerprint density at radius 2 is 2.05 bits per heavy atom. The number of ether oxygens (including phenoxy) is 1. The number of imidazole rings is 1. The first-order chi connectivity index (χ1) is 9.69. The molecule has 2 aromatic rings. The molecule has 20 heavy (non-hydrogen) atoms. The van der Waals surface area contributed by atoms with Crippen molar-refractivity contribution in [2.45, 2.75) is 37.3 Å². The number of fused-ring (bicyclic) bond motifs is 1. The zero-order valence-corrected chi connectivity index (χ0v) is 12.1. The van der Waals surface area contributed by atoms with Gasteiger partial charge >= 0.3 is 0 Å². The summed E-state index contributed by atoms with van der Waals surface area (Å²) in [5.41, 5.74) is 8.27. The summed E-state index contributed by atoms with van der Waals surface area (Å²) in [6, 6.07) is 6.41. The molecule has 0 bridgehead atoms. The van der Waals surface area contributed by atoms with Crippen LogP contribution < -0.4 is 5.73 Å². The van der Waals surface area contributed by atoms with Crippen molar-refractivity contribution in [2.75, 3.05) is 13.2 Å². The normalized spacial score (nSPS) is 22.3. The van der Waals surface area contributed by atoms with E-state index in [1.165, 1.54) is 12.8 Å². The molecule has 0 unspecified atom stereocenters. The van der Waals surface area contributed by atoms with E-state index in [-0.39, 0.29) is 5.54 Å². The molecule has 1 aliphatic heterocycles. The van der Waals surface area contributed by atoms with Gasteiger partial charge in [0.25, 0.3) is 0 Å². The van der Waals surface area contributed by atoms with E-state index in [4.69, 9.17) is 27.1 Å². The summed E-state index contributed by atoms with van der Waals surface area (Å²) in [6.07, 6.45) is 4.02. The van der Waals surface area contributed by atoms with Crippen LogP contribution >= 0.6 is 11.6 Å². The van der Waals surface area contributed by atoms with Gasteiger partial charge in [-0.3, -0.25) is 0 Å². The third kappa shape index (κ3) is 1.86. The zero-order chi connectivity index (χ0) is 13.7. The topological polar surface area (TPSA) is 53.1 Å². The Bertz CT molecular complexity index is 656. The summed E-state index contributed by atoms with van der Waals surface area (Å²) < 4.78 is 7.75. The smallest absolute Gasteiger partial charge is 0.130 e. The van der Waals surface area contributed by atoms with Crippen LogP contribution in [0.15, 0.2) is 18.2 Å². The molecule has 0 spiro atoms. The van der Waals surface area contributed by atoms with Gasteiger partial charge in [-0.05, 0) is 37.8 Å². The second kappa shape index (κ2) is 4.45. The van der Waals surface area contributed by atoms with Crippen LogP contribution in [0.2, 0.25) is 5.02 Å². The Labute approximate surface area is 122 Å². The van der Waals surface area contributed by atoms with Gasteiger partial charge in [-0.25, -0.2) is 4.98 Å². The predicted molar refractivity (Wildman–Crippen MR) is 78.9 cm³/mol. The third-order valence-corrected chi connectivity index (χ3v) is 4.71. The fourth-order valence-corrected chi connectivity index (χ4v) is 3.37. The van der Waals surface area contributed by atoms with Gasteiger partial charge in [-0.2, -0.15) is 0 Å². The second-order valence-electron chi connectivity index (χ2n) is 5.91. The Morgan fingerprint density at radius 1 is 1.30 bits per heavy atom. The third-order valence-electron chi connectivity index (χ3n) is 4.40. The van der Waals surface area contributed by atoms with E-state index in [2.05, 4.69) is 4.57 Å². The molecule has 1 saturated carbocycles. The summed E-state index contributed by atoms with van der Waals surface area (Å²) >= 11 is 6.41. The van der Waals surface area contributed by atoms with E-state index in [0.717, 1.165) is 34.7 Å². The first-order valence-corrected chi connectivity index (χ1v) is 7.60. The highest BCUT2D eigenvalue weighted by Crippen LogP contribution is 2.43. The Morgan fingerprint density at radius 3 is 2.75 bits per heavy atom. The van der Waals surface area contributed by atoms with Crippen LogP contribution in [-0.2, 0) is 10.3 Å². The monoisotopic (exact) mass is 291 g/mol.